The number of nitrogens with one attached hydrogen (secondary N) is 1. The van der Waals surface area contributed by atoms with Gasteiger partial charge in [-0.1, -0.05) is 41.9 Å². The second-order valence-corrected chi connectivity index (χ2v) is 11.5. The van der Waals surface area contributed by atoms with Crippen LogP contribution < -0.4 is 10.2 Å². The molecule has 1 saturated carbocycles. The Balaban J connectivity index is 1.32. The van der Waals surface area contributed by atoms with Crippen LogP contribution in [0.25, 0.3) is 0 Å². The summed E-state index contributed by atoms with van der Waals surface area (Å²) in [5.41, 5.74) is -2.56. The van der Waals surface area contributed by atoms with Crippen molar-refractivity contribution in [2.24, 2.45) is 11.3 Å². The first-order chi connectivity index (χ1) is 18.3. The minimum atomic E-state index is -5.15. The van der Waals surface area contributed by atoms with Gasteiger partial charge in [0.1, 0.15) is 0 Å². The highest BCUT2D eigenvalue weighted by Gasteiger charge is 2.62. The van der Waals surface area contributed by atoms with Crippen molar-refractivity contribution in [3.8, 4) is 0 Å². The van der Waals surface area contributed by atoms with Gasteiger partial charge in [0, 0.05) is 44.0 Å². The average Bonchev–Trinajstić information content (AvgIpc) is 3.57. The molecule has 2 amide bonds. The van der Waals surface area contributed by atoms with Gasteiger partial charge in [0.2, 0.25) is 0 Å². The zero-order valence-electron chi connectivity index (χ0n) is 22.4. The minimum absolute atomic E-state index is 0.00982. The van der Waals surface area contributed by atoms with E-state index in [2.05, 4.69) is 10.2 Å². The molecule has 2 atom stereocenters. The quantitative estimate of drug-likeness (QED) is 0.451. The van der Waals surface area contributed by atoms with Crippen molar-refractivity contribution in [1.29, 1.82) is 0 Å². The maximum Gasteiger partial charge on any atom is 0.430 e. The van der Waals surface area contributed by atoms with Crippen molar-refractivity contribution in [3.05, 3.63) is 64.7 Å². The molecule has 212 valence electrons. The molecule has 1 aliphatic heterocycles. The van der Waals surface area contributed by atoms with E-state index in [1.165, 1.54) is 25.2 Å². The van der Waals surface area contributed by atoms with Gasteiger partial charge in [0.15, 0.2) is 0 Å². The van der Waals surface area contributed by atoms with Crippen LogP contribution in [0, 0.1) is 11.3 Å². The Morgan fingerprint density at radius 3 is 2.36 bits per heavy atom. The summed E-state index contributed by atoms with van der Waals surface area (Å²) < 4.78 is 41.6. The molecular weight excluding hydrogens is 531 g/mol. The molecule has 39 heavy (non-hydrogen) atoms. The van der Waals surface area contributed by atoms with E-state index >= 15 is 0 Å². The van der Waals surface area contributed by atoms with Gasteiger partial charge < -0.3 is 20.2 Å². The second-order valence-electron chi connectivity index (χ2n) is 11.1. The molecule has 0 aromatic heterocycles. The van der Waals surface area contributed by atoms with E-state index in [-0.39, 0.29) is 23.9 Å². The highest BCUT2D eigenvalue weighted by Crippen LogP contribution is 2.61. The van der Waals surface area contributed by atoms with Crippen LogP contribution in [-0.2, 0) is 10.4 Å². The minimum Gasteiger partial charge on any atom is -0.371 e. The van der Waals surface area contributed by atoms with Crippen LogP contribution in [0.15, 0.2) is 48.5 Å². The zero-order valence-corrected chi connectivity index (χ0v) is 23.1. The number of nitrogens with zero attached hydrogens (tertiary/aromatic N) is 2. The van der Waals surface area contributed by atoms with E-state index in [1.807, 2.05) is 26.0 Å². The first kappa shape index (κ1) is 29.2. The Bertz CT molecular complexity index is 1200. The molecular formula is C29H35ClF3N3O3. The maximum absolute atomic E-state index is 13.9. The average molecular weight is 566 g/mol. The van der Waals surface area contributed by atoms with E-state index in [4.69, 9.17) is 11.6 Å². The van der Waals surface area contributed by atoms with Crippen LogP contribution >= 0.6 is 11.6 Å². The molecule has 0 radical (unpaired) electrons. The molecule has 1 saturated heterocycles. The predicted molar refractivity (Wildman–Crippen MR) is 145 cm³/mol. The molecule has 2 unspecified atom stereocenters. The number of piperidine rings is 1. The van der Waals surface area contributed by atoms with Gasteiger partial charge in [0.05, 0.1) is 10.6 Å². The first-order valence-electron chi connectivity index (χ1n) is 13.2. The van der Waals surface area contributed by atoms with Gasteiger partial charge >= 0.3 is 6.18 Å². The molecule has 10 heteroatoms. The summed E-state index contributed by atoms with van der Waals surface area (Å²) in [6.45, 7) is 5.52. The summed E-state index contributed by atoms with van der Waals surface area (Å²) in [6, 6.07) is 12.0. The Labute approximate surface area is 232 Å². The second kappa shape index (κ2) is 11.0. The Hall–Kier alpha value is -2.78. The Morgan fingerprint density at radius 1 is 1.15 bits per heavy atom. The first-order valence-corrected chi connectivity index (χ1v) is 13.6. The van der Waals surface area contributed by atoms with Gasteiger partial charge in [-0.3, -0.25) is 9.59 Å². The number of carbonyl (C=O) groups is 2. The van der Waals surface area contributed by atoms with Crippen molar-refractivity contribution < 1.29 is 27.9 Å². The van der Waals surface area contributed by atoms with Crippen molar-refractivity contribution in [1.82, 2.24) is 10.2 Å². The van der Waals surface area contributed by atoms with Gasteiger partial charge in [-0.2, -0.15) is 13.2 Å². The van der Waals surface area contributed by atoms with E-state index in [0.717, 1.165) is 55.1 Å². The summed E-state index contributed by atoms with van der Waals surface area (Å²) in [5, 5.41) is 13.8. The van der Waals surface area contributed by atoms with Crippen molar-refractivity contribution in [3.63, 3.8) is 0 Å². The normalized spacial score (nSPS) is 20.0. The third kappa shape index (κ3) is 5.89. The Kier molecular flexibility index (Phi) is 8.24. The van der Waals surface area contributed by atoms with Crippen LogP contribution in [-0.4, -0.2) is 60.7 Å². The number of benzene rings is 2. The Morgan fingerprint density at radius 2 is 1.79 bits per heavy atom. The van der Waals surface area contributed by atoms with Crippen molar-refractivity contribution in [2.45, 2.75) is 57.3 Å². The molecule has 2 aliphatic rings. The molecule has 1 aliphatic carbocycles. The van der Waals surface area contributed by atoms with Crippen LogP contribution in [0.3, 0.4) is 0 Å². The number of rotatable bonds is 8. The van der Waals surface area contributed by atoms with Gasteiger partial charge in [-0.15, -0.1) is 0 Å². The number of carbonyl (C=O) groups excluding carboxylic acids is 2. The largest absolute Gasteiger partial charge is 0.430 e. The van der Waals surface area contributed by atoms with Crippen molar-refractivity contribution in [2.75, 3.05) is 31.6 Å². The van der Waals surface area contributed by atoms with Crippen LogP contribution in [0.1, 0.15) is 55.5 Å². The number of aliphatic hydroxyl groups is 1. The topological polar surface area (TPSA) is 72.9 Å². The van der Waals surface area contributed by atoms with Gasteiger partial charge in [0.25, 0.3) is 17.4 Å². The number of hydrogen-bond donors (Lipinski definition) is 2. The number of anilines is 1. The standard InChI is InChI=1S/C29H35ClF3N3O3/c1-19(2)34-25(37)23-10-9-22(17-24(23)30)36-15-12-27(13-16-36)18-21(27)11-14-35(3)26(38)28(39,29(31,32)33)20-7-5-4-6-8-20/h4-10,17,19,21,39H,11-16,18H2,1-3H3,(H,34,37). The summed E-state index contributed by atoms with van der Waals surface area (Å²) in [6.07, 6.45) is -1.73. The van der Waals surface area contributed by atoms with Crippen LogP contribution in [0.2, 0.25) is 5.02 Å². The van der Waals surface area contributed by atoms with E-state index in [1.54, 1.807) is 6.07 Å². The predicted octanol–water partition coefficient (Wildman–Crippen LogP) is 5.38. The van der Waals surface area contributed by atoms with Crippen LogP contribution in [0.5, 0.6) is 0 Å². The molecule has 2 aromatic rings. The van der Waals surface area contributed by atoms with Gasteiger partial charge in [-0.05, 0) is 69.1 Å². The highest BCUT2D eigenvalue weighted by atomic mass is 35.5. The third-order valence-corrected chi connectivity index (χ3v) is 8.48. The molecule has 2 N–H and O–H groups in total. The molecule has 1 spiro atoms. The number of likely N-dealkylation sites (N-methyl/N-ethyl adjacent to an activating group) is 1. The van der Waals surface area contributed by atoms with Crippen molar-refractivity contribution >= 4 is 29.1 Å². The number of alkyl halides is 3. The van der Waals surface area contributed by atoms with Crippen LogP contribution in [0.4, 0.5) is 18.9 Å². The zero-order chi connectivity index (χ0) is 28.6. The molecule has 6 nitrogen and oxygen atoms in total. The lowest BCUT2D eigenvalue weighted by Gasteiger charge is -2.35. The lowest BCUT2D eigenvalue weighted by Crippen LogP contribution is -2.55. The van der Waals surface area contributed by atoms with Gasteiger partial charge in [-0.25, -0.2) is 0 Å². The van der Waals surface area contributed by atoms with E-state index in [9.17, 15) is 27.9 Å². The fraction of sp³-hybridized carbons (Fsp3) is 0.517. The molecule has 2 aromatic carbocycles. The maximum atomic E-state index is 13.9. The lowest BCUT2D eigenvalue weighted by molar-refractivity contribution is -0.261. The molecule has 1 heterocycles. The molecule has 2 fully saturated rings. The van der Waals surface area contributed by atoms with E-state index in [0.29, 0.717) is 22.9 Å². The molecule has 4 rings (SSSR count). The summed E-state index contributed by atoms with van der Waals surface area (Å²) in [5.74, 6) is -1.26. The summed E-state index contributed by atoms with van der Waals surface area (Å²) in [7, 11) is 1.31. The third-order valence-electron chi connectivity index (χ3n) is 8.17. The lowest BCUT2D eigenvalue weighted by atomic mass is 9.89. The summed E-state index contributed by atoms with van der Waals surface area (Å²) >= 11 is 6.41. The fourth-order valence-corrected chi connectivity index (χ4v) is 5.96. The monoisotopic (exact) mass is 565 g/mol. The smallest absolute Gasteiger partial charge is 0.371 e. The molecule has 0 bridgehead atoms. The summed E-state index contributed by atoms with van der Waals surface area (Å²) in [4.78, 5) is 28.4. The highest BCUT2D eigenvalue weighted by molar-refractivity contribution is 6.34. The number of amides is 2. The fourth-order valence-electron chi connectivity index (χ4n) is 5.70. The number of hydrogen-bond acceptors (Lipinski definition) is 4. The van der Waals surface area contributed by atoms with E-state index < -0.39 is 23.2 Å². The number of halogens is 4. The SMILES string of the molecule is CC(C)NC(=O)c1ccc(N2CCC3(CC2)CC3CCN(C)C(=O)C(O)(c2ccccc2)C(F)(F)F)cc1Cl.